The number of imidazole rings is 1. The predicted octanol–water partition coefficient (Wildman–Crippen LogP) is 2.50. The van der Waals surface area contributed by atoms with Crippen molar-refractivity contribution in [3.8, 4) is 0 Å². The zero-order valence-electron chi connectivity index (χ0n) is 16.8. The molecule has 1 N–H and O–H groups in total. The third-order valence-electron chi connectivity index (χ3n) is 5.22. The molecule has 4 heterocycles. The van der Waals surface area contributed by atoms with E-state index in [9.17, 15) is 14.7 Å². The van der Waals surface area contributed by atoms with Gasteiger partial charge in [-0.1, -0.05) is 12.1 Å². The second kappa shape index (κ2) is 8.08. The van der Waals surface area contributed by atoms with Crippen molar-refractivity contribution < 1.29 is 19.4 Å². The molecule has 1 amide bonds. The summed E-state index contributed by atoms with van der Waals surface area (Å²) in [6.07, 6.45) is 5.55. The van der Waals surface area contributed by atoms with Gasteiger partial charge in [-0.3, -0.25) is 19.0 Å². The molecule has 0 radical (unpaired) electrons. The maximum atomic E-state index is 13.0. The minimum absolute atomic E-state index is 0.0409. The number of ether oxygens (including phenoxy) is 1. The van der Waals surface area contributed by atoms with E-state index in [0.29, 0.717) is 42.2 Å². The number of methoxy groups -OCH3 is 1. The van der Waals surface area contributed by atoms with Gasteiger partial charge in [-0.25, -0.2) is 4.98 Å². The van der Waals surface area contributed by atoms with E-state index < -0.39 is 17.7 Å². The van der Waals surface area contributed by atoms with Crippen molar-refractivity contribution in [3.63, 3.8) is 0 Å². The summed E-state index contributed by atoms with van der Waals surface area (Å²) in [5, 5.41) is 11.3. The van der Waals surface area contributed by atoms with Crippen LogP contribution >= 0.6 is 0 Å². The minimum atomic E-state index is -0.732. The second-order valence-electron chi connectivity index (χ2n) is 7.10. The Morgan fingerprint density at radius 3 is 2.80 bits per heavy atom. The normalized spacial score (nSPS) is 18.5. The maximum absolute atomic E-state index is 13.0. The molecule has 4 rings (SSSR count). The van der Waals surface area contributed by atoms with Gasteiger partial charge in [0.15, 0.2) is 5.76 Å². The molecule has 1 aliphatic heterocycles. The molecule has 0 bridgehead atoms. The summed E-state index contributed by atoms with van der Waals surface area (Å²) in [5.41, 5.74) is 2.30. The van der Waals surface area contributed by atoms with Crippen LogP contribution in [0.25, 0.3) is 11.4 Å². The molecule has 30 heavy (non-hydrogen) atoms. The van der Waals surface area contributed by atoms with E-state index >= 15 is 0 Å². The number of aromatic nitrogens is 3. The van der Waals surface area contributed by atoms with Crippen LogP contribution in [0, 0.1) is 6.92 Å². The molecule has 1 aliphatic rings. The summed E-state index contributed by atoms with van der Waals surface area (Å²) in [6, 6.07) is 8.27. The average molecular weight is 406 g/mol. The standard InChI is InChI=1S/C22H22N4O4/c1-14-18(25-10-4-3-8-16(25)24-14)20(27)17-19(15-7-5-9-23-13-15)26(11-6-12-30-2)22(29)21(17)28/h3-5,7-10,13,19,27H,6,11-12H2,1-2H3. The van der Waals surface area contributed by atoms with E-state index in [1.165, 1.54) is 4.90 Å². The molecule has 8 nitrogen and oxygen atoms in total. The number of carbonyl (C=O) groups excluding carboxylic acids is 2. The van der Waals surface area contributed by atoms with Crippen LogP contribution in [0.15, 0.2) is 54.5 Å². The molecule has 3 aromatic heterocycles. The number of rotatable bonds is 6. The number of aliphatic hydroxyl groups excluding tert-OH is 1. The number of amides is 1. The van der Waals surface area contributed by atoms with Crippen molar-refractivity contribution in [2.75, 3.05) is 20.3 Å². The van der Waals surface area contributed by atoms with E-state index in [2.05, 4.69) is 9.97 Å². The largest absolute Gasteiger partial charge is 0.505 e. The van der Waals surface area contributed by atoms with Gasteiger partial charge in [0.2, 0.25) is 0 Å². The first-order valence-electron chi connectivity index (χ1n) is 9.66. The van der Waals surface area contributed by atoms with Crippen LogP contribution in [-0.2, 0) is 14.3 Å². The highest BCUT2D eigenvalue weighted by Gasteiger charge is 2.46. The Morgan fingerprint density at radius 1 is 1.23 bits per heavy atom. The molecule has 0 aliphatic carbocycles. The van der Waals surface area contributed by atoms with Gasteiger partial charge in [0.25, 0.3) is 11.7 Å². The van der Waals surface area contributed by atoms with E-state index in [0.717, 1.165) is 0 Å². The zero-order chi connectivity index (χ0) is 21.3. The lowest BCUT2D eigenvalue weighted by Gasteiger charge is -2.24. The first kappa shape index (κ1) is 19.8. The number of aryl methyl sites for hydroxylation is 1. The number of pyridine rings is 2. The Hall–Kier alpha value is -3.52. The van der Waals surface area contributed by atoms with Gasteiger partial charge in [0, 0.05) is 38.9 Å². The molecular formula is C22H22N4O4. The number of Topliss-reactive ketones (excluding diaryl/α,β-unsaturated/α-hetero) is 1. The van der Waals surface area contributed by atoms with E-state index in [1.807, 2.05) is 18.2 Å². The van der Waals surface area contributed by atoms with Crippen LogP contribution in [0.5, 0.6) is 0 Å². The van der Waals surface area contributed by atoms with Crippen molar-refractivity contribution in [3.05, 3.63) is 71.4 Å². The highest BCUT2D eigenvalue weighted by atomic mass is 16.5. The highest BCUT2D eigenvalue weighted by Crippen LogP contribution is 2.39. The van der Waals surface area contributed by atoms with Crippen molar-refractivity contribution >= 4 is 23.1 Å². The number of hydrogen-bond acceptors (Lipinski definition) is 6. The Morgan fingerprint density at radius 2 is 2.07 bits per heavy atom. The van der Waals surface area contributed by atoms with Crippen LogP contribution in [0.4, 0.5) is 0 Å². The maximum Gasteiger partial charge on any atom is 0.295 e. The molecule has 8 heteroatoms. The van der Waals surface area contributed by atoms with Gasteiger partial charge in [0.05, 0.1) is 17.3 Å². The SMILES string of the molecule is COCCCN1C(=O)C(=O)C(=C(O)c2c(C)nc3ccccn23)C1c1cccnc1. The van der Waals surface area contributed by atoms with Gasteiger partial charge < -0.3 is 14.7 Å². The first-order valence-corrected chi connectivity index (χ1v) is 9.66. The molecule has 0 aromatic carbocycles. The smallest absolute Gasteiger partial charge is 0.295 e. The highest BCUT2D eigenvalue weighted by molar-refractivity contribution is 6.46. The summed E-state index contributed by atoms with van der Waals surface area (Å²) < 4.78 is 6.81. The number of carbonyl (C=O) groups is 2. The third-order valence-corrected chi connectivity index (χ3v) is 5.22. The van der Waals surface area contributed by atoms with E-state index in [1.54, 1.807) is 49.2 Å². The van der Waals surface area contributed by atoms with Gasteiger partial charge in [-0.15, -0.1) is 0 Å². The van der Waals surface area contributed by atoms with Crippen LogP contribution in [-0.4, -0.2) is 56.3 Å². The number of nitrogens with zero attached hydrogens (tertiary/aromatic N) is 4. The molecule has 1 saturated heterocycles. The Balaban J connectivity index is 1.90. The van der Waals surface area contributed by atoms with Crippen LogP contribution in [0.2, 0.25) is 0 Å². The third kappa shape index (κ3) is 3.25. The minimum Gasteiger partial charge on any atom is -0.505 e. The van der Waals surface area contributed by atoms with E-state index in [-0.39, 0.29) is 11.3 Å². The fourth-order valence-corrected chi connectivity index (χ4v) is 3.90. The Kier molecular flexibility index (Phi) is 5.33. The fraction of sp³-hybridized carbons (Fsp3) is 0.273. The number of likely N-dealkylation sites (tertiary alicyclic amines) is 1. The van der Waals surface area contributed by atoms with Crippen LogP contribution < -0.4 is 0 Å². The molecule has 0 spiro atoms. The number of hydrogen-bond donors (Lipinski definition) is 1. The summed E-state index contributed by atoms with van der Waals surface area (Å²) in [5.74, 6) is -1.61. The number of fused-ring (bicyclic) bond motifs is 1. The van der Waals surface area contributed by atoms with Crippen LogP contribution in [0.1, 0.15) is 29.4 Å². The summed E-state index contributed by atoms with van der Waals surface area (Å²) in [6.45, 7) is 2.53. The monoisotopic (exact) mass is 406 g/mol. The lowest BCUT2D eigenvalue weighted by atomic mass is 9.97. The molecule has 0 saturated carbocycles. The fourth-order valence-electron chi connectivity index (χ4n) is 3.90. The molecule has 3 aromatic rings. The van der Waals surface area contributed by atoms with Crippen molar-refractivity contribution in [1.82, 2.24) is 19.3 Å². The van der Waals surface area contributed by atoms with Crippen molar-refractivity contribution in [2.45, 2.75) is 19.4 Å². The van der Waals surface area contributed by atoms with Crippen molar-refractivity contribution in [1.29, 1.82) is 0 Å². The Labute approximate surface area is 173 Å². The molecule has 1 unspecified atom stereocenters. The van der Waals surface area contributed by atoms with Gasteiger partial charge >= 0.3 is 0 Å². The Bertz CT molecular complexity index is 1140. The van der Waals surface area contributed by atoms with Crippen molar-refractivity contribution in [2.24, 2.45) is 0 Å². The molecule has 1 atom stereocenters. The number of aliphatic hydroxyl groups is 1. The average Bonchev–Trinajstić information content (AvgIpc) is 3.22. The predicted molar refractivity (Wildman–Crippen MR) is 110 cm³/mol. The molecule has 1 fully saturated rings. The van der Waals surface area contributed by atoms with Gasteiger partial charge in [-0.2, -0.15) is 0 Å². The topological polar surface area (TPSA) is 97.0 Å². The van der Waals surface area contributed by atoms with Gasteiger partial charge in [0.1, 0.15) is 11.3 Å². The number of ketones is 1. The van der Waals surface area contributed by atoms with Crippen LogP contribution in [0.3, 0.4) is 0 Å². The lowest BCUT2D eigenvalue weighted by Crippen LogP contribution is -2.31. The quantitative estimate of drug-likeness (QED) is 0.292. The second-order valence-corrected chi connectivity index (χ2v) is 7.10. The lowest BCUT2D eigenvalue weighted by molar-refractivity contribution is -0.140. The van der Waals surface area contributed by atoms with Gasteiger partial charge in [-0.05, 0) is 37.1 Å². The van der Waals surface area contributed by atoms with E-state index in [4.69, 9.17) is 4.74 Å². The first-order chi connectivity index (χ1) is 14.5. The summed E-state index contributed by atoms with van der Waals surface area (Å²) in [4.78, 5) is 36.0. The zero-order valence-corrected chi connectivity index (χ0v) is 16.8. The molecule has 154 valence electrons. The summed E-state index contributed by atoms with van der Waals surface area (Å²) in [7, 11) is 1.58. The molecular weight excluding hydrogens is 384 g/mol. The summed E-state index contributed by atoms with van der Waals surface area (Å²) >= 11 is 0.